The molecule has 0 aromatic heterocycles. The summed E-state index contributed by atoms with van der Waals surface area (Å²) in [6.45, 7) is 2.54. The van der Waals surface area contributed by atoms with Crippen LogP contribution in [0.1, 0.15) is 30.4 Å². The standard InChI is InChI=1S/C32H36ClN3O5/c1-39-30-10-5-3-8-24(30)22-40-17-6-18-41-27-15-13-26(14-16-27)36-29(19-34-20-31(36)37)32(38)35(25-11-12-25)21-23-7-2-4-9-28(23)33/h2-5,7-10,13-16,25,29,34H,6,11-12,17-22H2,1H3/t29-/m1/s1. The average molecular weight is 578 g/mol. The van der Waals surface area contributed by atoms with Crippen molar-refractivity contribution < 1.29 is 23.8 Å². The Bertz CT molecular complexity index is 1330. The molecule has 1 aliphatic heterocycles. The molecule has 0 spiro atoms. The van der Waals surface area contributed by atoms with E-state index < -0.39 is 6.04 Å². The minimum atomic E-state index is -0.633. The number of nitrogens with one attached hydrogen (secondary N) is 1. The van der Waals surface area contributed by atoms with Gasteiger partial charge in [0.25, 0.3) is 0 Å². The van der Waals surface area contributed by atoms with E-state index in [0.717, 1.165) is 36.1 Å². The summed E-state index contributed by atoms with van der Waals surface area (Å²) >= 11 is 6.41. The van der Waals surface area contributed by atoms with Crippen molar-refractivity contribution in [1.29, 1.82) is 0 Å². The Morgan fingerprint density at radius 1 is 1.00 bits per heavy atom. The highest BCUT2D eigenvalue weighted by atomic mass is 35.5. The highest BCUT2D eigenvalue weighted by molar-refractivity contribution is 6.31. The largest absolute Gasteiger partial charge is 0.496 e. The van der Waals surface area contributed by atoms with Crippen LogP contribution in [0.3, 0.4) is 0 Å². The molecule has 5 rings (SSSR count). The summed E-state index contributed by atoms with van der Waals surface area (Å²) < 4.78 is 17.0. The number of nitrogens with zero attached hydrogens (tertiary/aromatic N) is 2. The fourth-order valence-corrected chi connectivity index (χ4v) is 5.22. The first-order valence-corrected chi connectivity index (χ1v) is 14.4. The lowest BCUT2D eigenvalue weighted by Gasteiger charge is -2.38. The molecule has 0 radical (unpaired) electrons. The normalized spacial score (nSPS) is 16.9. The van der Waals surface area contributed by atoms with Gasteiger partial charge < -0.3 is 24.4 Å². The van der Waals surface area contributed by atoms with Crippen molar-refractivity contribution in [2.75, 3.05) is 38.3 Å². The second-order valence-corrected chi connectivity index (χ2v) is 10.7. The molecule has 2 fully saturated rings. The number of halogens is 1. The van der Waals surface area contributed by atoms with Crippen LogP contribution in [-0.4, -0.2) is 62.2 Å². The predicted octanol–water partition coefficient (Wildman–Crippen LogP) is 4.83. The van der Waals surface area contributed by atoms with Gasteiger partial charge in [0.15, 0.2) is 0 Å². The van der Waals surface area contributed by atoms with E-state index in [1.807, 2.05) is 77.7 Å². The Morgan fingerprint density at radius 2 is 1.73 bits per heavy atom. The zero-order valence-corrected chi connectivity index (χ0v) is 24.0. The summed E-state index contributed by atoms with van der Waals surface area (Å²) in [6.07, 6.45) is 2.65. The number of amides is 2. The van der Waals surface area contributed by atoms with Crippen molar-refractivity contribution >= 4 is 29.1 Å². The van der Waals surface area contributed by atoms with E-state index >= 15 is 0 Å². The molecule has 0 bridgehead atoms. The molecule has 8 nitrogen and oxygen atoms in total. The molecule has 1 atom stereocenters. The predicted molar refractivity (Wildman–Crippen MR) is 158 cm³/mol. The third-order valence-electron chi connectivity index (χ3n) is 7.32. The van der Waals surface area contributed by atoms with Crippen molar-refractivity contribution in [3.63, 3.8) is 0 Å². The number of piperazine rings is 1. The number of carbonyl (C=O) groups is 2. The van der Waals surface area contributed by atoms with Gasteiger partial charge in [-0.2, -0.15) is 0 Å². The maximum absolute atomic E-state index is 13.9. The molecule has 1 aliphatic carbocycles. The molecule has 3 aromatic rings. The molecule has 3 aromatic carbocycles. The molecule has 1 saturated carbocycles. The third kappa shape index (κ3) is 7.38. The fourth-order valence-electron chi connectivity index (χ4n) is 5.02. The minimum Gasteiger partial charge on any atom is -0.496 e. The number of hydrogen-bond donors (Lipinski definition) is 1. The lowest BCUT2D eigenvalue weighted by molar-refractivity contribution is -0.136. The van der Waals surface area contributed by atoms with Crippen LogP contribution in [0.5, 0.6) is 11.5 Å². The monoisotopic (exact) mass is 577 g/mol. The van der Waals surface area contributed by atoms with Crippen molar-refractivity contribution in [1.82, 2.24) is 10.2 Å². The molecule has 2 amide bonds. The Balaban J connectivity index is 1.16. The van der Waals surface area contributed by atoms with E-state index in [-0.39, 0.29) is 24.4 Å². The molecule has 1 N–H and O–H groups in total. The molecule has 1 heterocycles. The second kappa shape index (κ2) is 13.9. The van der Waals surface area contributed by atoms with Gasteiger partial charge in [0.2, 0.25) is 11.8 Å². The van der Waals surface area contributed by atoms with Gasteiger partial charge in [-0.1, -0.05) is 48.0 Å². The molecular weight excluding hydrogens is 542 g/mol. The van der Waals surface area contributed by atoms with E-state index in [2.05, 4.69) is 5.32 Å². The van der Waals surface area contributed by atoms with Gasteiger partial charge in [-0.15, -0.1) is 0 Å². The van der Waals surface area contributed by atoms with Crippen molar-refractivity contribution in [3.8, 4) is 11.5 Å². The average Bonchev–Trinajstić information content (AvgIpc) is 3.84. The quantitative estimate of drug-likeness (QED) is 0.293. The van der Waals surface area contributed by atoms with Gasteiger partial charge in [0, 0.05) is 41.8 Å². The highest BCUT2D eigenvalue weighted by Gasteiger charge is 2.41. The van der Waals surface area contributed by atoms with Crippen LogP contribution < -0.4 is 19.7 Å². The first-order chi connectivity index (χ1) is 20.0. The SMILES string of the molecule is COc1ccccc1COCCCOc1ccc(N2C(=O)CNC[C@@H]2C(=O)N(Cc2ccccc2Cl)C2CC2)cc1. The summed E-state index contributed by atoms with van der Waals surface area (Å²) in [4.78, 5) is 30.4. The zero-order valence-electron chi connectivity index (χ0n) is 23.3. The van der Waals surface area contributed by atoms with E-state index in [9.17, 15) is 9.59 Å². The number of anilines is 1. The second-order valence-electron chi connectivity index (χ2n) is 10.3. The maximum Gasteiger partial charge on any atom is 0.247 e. The lowest BCUT2D eigenvalue weighted by Crippen LogP contribution is -2.61. The van der Waals surface area contributed by atoms with Crippen molar-refractivity contribution in [2.24, 2.45) is 0 Å². The summed E-state index contributed by atoms with van der Waals surface area (Å²) in [5, 5.41) is 3.76. The fraction of sp³-hybridized carbons (Fsp3) is 0.375. The van der Waals surface area contributed by atoms with E-state index in [1.165, 1.54) is 0 Å². The van der Waals surface area contributed by atoms with E-state index in [4.69, 9.17) is 25.8 Å². The number of para-hydroxylation sites is 1. The smallest absolute Gasteiger partial charge is 0.247 e. The van der Waals surface area contributed by atoms with Gasteiger partial charge in [0.05, 0.1) is 33.5 Å². The molecule has 0 unspecified atom stereocenters. The van der Waals surface area contributed by atoms with E-state index in [0.29, 0.717) is 49.4 Å². The number of rotatable bonds is 13. The number of methoxy groups -OCH3 is 1. The minimum absolute atomic E-state index is 0.0681. The van der Waals surface area contributed by atoms with Crippen LogP contribution in [0.15, 0.2) is 72.8 Å². The molecule has 1 saturated heterocycles. The summed E-state index contributed by atoms with van der Waals surface area (Å²) in [7, 11) is 1.65. The highest BCUT2D eigenvalue weighted by Crippen LogP contribution is 2.32. The van der Waals surface area contributed by atoms with Crippen molar-refractivity contribution in [2.45, 2.75) is 44.5 Å². The molecule has 216 valence electrons. The number of carbonyl (C=O) groups excluding carboxylic acids is 2. The van der Waals surface area contributed by atoms with Crippen LogP contribution in [0.4, 0.5) is 5.69 Å². The number of ether oxygens (including phenoxy) is 3. The Kier molecular flexibility index (Phi) is 9.77. The number of benzene rings is 3. The lowest BCUT2D eigenvalue weighted by atomic mass is 10.1. The maximum atomic E-state index is 13.9. The topological polar surface area (TPSA) is 80.3 Å². The van der Waals surface area contributed by atoms with Crippen LogP contribution in [0.2, 0.25) is 5.02 Å². The number of hydrogen-bond acceptors (Lipinski definition) is 6. The molecule has 9 heteroatoms. The van der Waals surface area contributed by atoms with Crippen molar-refractivity contribution in [3.05, 3.63) is 88.9 Å². The molecule has 41 heavy (non-hydrogen) atoms. The summed E-state index contributed by atoms with van der Waals surface area (Å²) in [5.74, 6) is 1.31. The molecular formula is C32H36ClN3O5. The first kappa shape index (κ1) is 28.9. The van der Waals surface area contributed by atoms with Gasteiger partial charge in [-0.25, -0.2) is 0 Å². The third-order valence-corrected chi connectivity index (χ3v) is 7.68. The van der Waals surface area contributed by atoms with Crippen LogP contribution >= 0.6 is 11.6 Å². The Morgan fingerprint density at radius 3 is 2.46 bits per heavy atom. The summed E-state index contributed by atoms with van der Waals surface area (Å²) in [6, 6.07) is 22.3. The van der Waals surface area contributed by atoms with Gasteiger partial charge >= 0.3 is 0 Å². The van der Waals surface area contributed by atoms with Crippen LogP contribution in [-0.2, 0) is 27.5 Å². The Hall–Kier alpha value is -3.59. The summed E-state index contributed by atoms with van der Waals surface area (Å²) in [5.41, 5.74) is 2.59. The zero-order chi connectivity index (χ0) is 28.6. The van der Waals surface area contributed by atoms with Crippen LogP contribution in [0.25, 0.3) is 0 Å². The first-order valence-electron chi connectivity index (χ1n) is 14.0. The molecule has 2 aliphatic rings. The van der Waals surface area contributed by atoms with Crippen LogP contribution in [0, 0.1) is 0 Å². The Labute approximate surface area is 246 Å². The van der Waals surface area contributed by atoms with Gasteiger partial charge in [0.1, 0.15) is 17.5 Å². The van der Waals surface area contributed by atoms with E-state index in [1.54, 1.807) is 12.0 Å². The van der Waals surface area contributed by atoms with Gasteiger partial charge in [-0.05, 0) is 54.8 Å². The van der Waals surface area contributed by atoms with Gasteiger partial charge in [-0.3, -0.25) is 14.5 Å².